The van der Waals surface area contributed by atoms with Crippen LogP contribution in [0.1, 0.15) is 33.5 Å². The molecule has 0 aliphatic carbocycles. The Morgan fingerprint density at radius 1 is 0.966 bits per heavy atom. The fourth-order valence-corrected chi connectivity index (χ4v) is 3.81. The van der Waals surface area contributed by atoms with Gasteiger partial charge in [0.2, 0.25) is 0 Å². The number of nitrogens with zero attached hydrogens (tertiary/aromatic N) is 1. The van der Waals surface area contributed by atoms with Crippen LogP contribution in [0.5, 0.6) is 0 Å². The highest BCUT2D eigenvalue weighted by molar-refractivity contribution is 6.03. The van der Waals surface area contributed by atoms with Gasteiger partial charge < -0.3 is 0 Å². The molecular weight excluding hydrogens is 361 g/mol. The van der Waals surface area contributed by atoms with Crippen LogP contribution in [-0.2, 0) is 12.8 Å². The third-order valence-electron chi connectivity index (χ3n) is 5.29. The summed E-state index contributed by atoms with van der Waals surface area (Å²) in [4.78, 5) is 15.6. The third-order valence-corrected chi connectivity index (χ3v) is 5.29. The first-order valence-corrected chi connectivity index (χ1v) is 9.83. The number of benzene rings is 3. The lowest BCUT2D eigenvalue weighted by molar-refractivity contribution is 0.112. The average molecular weight is 383 g/mol. The topological polar surface area (TPSA) is 30.0 Å². The molecule has 0 spiro atoms. The standard InChI is InChI=1S/C26H22FNO/c1-18-5-2-6-19(15-18)7-3-8-20-10-11-21(16-25(20)27)23-13-12-22(17-29)26-24(23)9-4-14-28-26/h2,4-6,9-17H,3,7-8H2,1H3. The van der Waals surface area contributed by atoms with Crippen molar-refractivity contribution in [2.45, 2.75) is 26.2 Å². The van der Waals surface area contributed by atoms with E-state index in [1.54, 1.807) is 18.3 Å². The van der Waals surface area contributed by atoms with Crippen molar-refractivity contribution < 1.29 is 9.18 Å². The molecule has 29 heavy (non-hydrogen) atoms. The molecular formula is C26H22FNO. The molecule has 2 nitrogen and oxygen atoms in total. The van der Waals surface area contributed by atoms with E-state index in [0.29, 0.717) is 17.5 Å². The number of carbonyl (C=O) groups is 1. The first-order valence-electron chi connectivity index (χ1n) is 9.83. The molecule has 144 valence electrons. The molecule has 3 heteroatoms. The summed E-state index contributed by atoms with van der Waals surface area (Å²) in [5.74, 6) is -0.191. The minimum Gasteiger partial charge on any atom is -0.298 e. The molecule has 0 unspecified atom stereocenters. The maximum absolute atomic E-state index is 14.8. The second-order valence-electron chi connectivity index (χ2n) is 7.37. The Labute approximate surface area is 170 Å². The summed E-state index contributed by atoms with van der Waals surface area (Å²) < 4.78 is 14.8. The van der Waals surface area contributed by atoms with Crippen molar-refractivity contribution >= 4 is 17.2 Å². The van der Waals surface area contributed by atoms with Crippen molar-refractivity contribution in [2.24, 2.45) is 0 Å². The van der Waals surface area contributed by atoms with Gasteiger partial charge in [-0.2, -0.15) is 0 Å². The summed E-state index contributed by atoms with van der Waals surface area (Å²) in [5, 5.41) is 0.851. The molecule has 0 aliphatic heterocycles. The average Bonchev–Trinajstić information content (AvgIpc) is 2.74. The van der Waals surface area contributed by atoms with Crippen molar-refractivity contribution in [3.05, 3.63) is 101 Å². The number of halogens is 1. The summed E-state index contributed by atoms with van der Waals surface area (Å²) >= 11 is 0. The Balaban J connectivity index is 1.56. The van der Waals surface area contributed by atoms with Crippen LogP contribution >= 0.6 is 0 Å². The molecule has 1 heterocycles. The molecule has 0 radical (unpaired) electrons. The van der Waals surface area contributed by atoms with E-state index in [4.69, 9.17) is 0 Å². The highest BCUT2D eigenvalue weighted by atomic mass is 19.1. The Morgan fingerprint density at radius 2 is 1.86 bits per heavy atom. The van der Waals surface area contributed by atoms with E-state index in [-0.39, 0.29) is 5.82 Å². The summed E-state index contributed by atoms with van der Waals surface area (Å²) in [5.41, 5.74) is 6.12. The Hall–Kier alpha value is -3.33. The number of carbonyl (C=O) groups excluding carboxylic acids is 1. The van der Waals surface area contributed by atoms with Gasteiger partial charge in [-0.1, -0.05) is 54.1 Å². The molecule has 0 aliphatic rings. The smallest absolute Gasteiger partial charge is 0.152 e. The molecule has 0 amide bonds. The number of aromatic nitrogens is 1. The first kappa shape index (κ1) is 19.0. The zero-order chi connectivity index (χ0) is 20.2. The first-order chi connectivity index (χ1) is 14.2. The van der Waals surface area contributed by atoms with Crippen molar-refractivity contribution in [1.82, 2.24) is 4.98 Å². The van der Waals surface area contributed by atoms with E-state index in [1.165, 1.54) is 11.1 Å². The minimum absolute atomic E-state index is 0.191. The molecule has 0 fully saturated rings. The highest BCUT2D eigenvalue weighted by Gasteiger charge is 2.11. The molecule has 3 aromatic carbocycles. The number of hydrogen-bond donors (Lipinski definition) is 0. The summed E-state index contributed by atoms with van der Waals surface area (Å²) in [6.07, 6.45) is 5.01. The van der Waals surface area contributed by atoms with Gasteiger partial charge >= 0.3 is 0 Å². The number of fused-ring (bicyclic) bond motifs is 1. The Kier molecular flexibility index (Phi) is 5.48. The van der Waals surface area contributed by atoms with E-state index >= 15 is 0 Å². The Morgan fingerprint density at radius 3 is 2.66 bits per heavy atom. The van der Waals surface area contributed by atoms with Gasteiger partial charge in [0.1, 0.15) is 5.82 Å². The fraction of sp³-hybridized carbons (Fsp3) is 0.154. The van der Waals surface area contributed by atoms with Gasteiger partial charge in [0.15, 0.2) is 6.29 Å². The monoisotopic (exact) mass is 383 g/mol. The van der Waals surface area contributed by atoms with Crippen LogP contribution < -0.4 is 0 Å². The second-order valence-corrected chi connectivity index (χ2v) is 7.37. The lowest BCUT2D eigenvalue weighted by Gasteiger charge is -2.10. The van der Waals surface area contributed by atoms with Gasteiger partial charge in [0, 0.05) is 17.1 Å². The highest BCUT2D eigenvalue weighted by Crippen LogP contribution is 2.30. The zero-order valence-corrected chi connectivity index (χ0v) is 16.4. The SMILES string of the molecule is Cc1cccc(CCCc2ccc(-c3ccc(C=O)c4ncccc34)cc2F)c1. The van der Waals surface area contributed by atoms with Crippen LogP contribution in [-0.4, -0.2) is 11.3 Å². The molecule has 4 rings (SSSR count). The molecule has 4 aromatic rings. The van der Waals surface area contributed by atoms with E-state index in [9.17, 15) is 9.18 Å². The van der Waals surface area contributed by atoms with Crippen molar-refractivity contribution in [1.29, 1.82) is 0 Å². The van der Waals surface area contributed by atoms with Gasteiger partial charge in [0.05, 0.1) is 5.52 Å². The largest absolute Gasteiger partial charge is 0.298 e. The van der Waals surface area contributed by atoms with Crippen LogP contribution in [0.2, 0.25) is 0 Å². The number of rotatable bonds is 6. The molecule has 0 bridgehead atoms. The predicted octanol–water partition coefficient (Wildman–Crippen LogP) is 6.34. The fourth-order valence-electron chi connectivity index (χ4n) is 3.81. The quantitative estimate of drug-likeness (QED) is 0.364. The second kappa shape index (κ2) is 8.36. The summed E-state index contributed by atoms with van der Waals surface area (Å²) in [6.45, 7) is 2.09. The maximum atomic E-state index is 14.8. The van der Waals surface area contributed by atoms with Crippen LogP contribution in [0.3, 0.4) is 0 Å². The van der Waals surface area contributed by atoms with Gasteiger partial charge in [-0.15, -0.1) is 0 Å². The number of aldehydes is 1. The van der Waals surface area contributed by atoms with E-state index < -0.39 is 0 Å². The van der Waals surface area contributed by atoms with Gasteiger partial charge in [-0.25, -0.2) is 4.39 Å². The summed E-state index contributed by atoms with van der Waals surface area (Å²) in [6, 6.07) is 21.2. The van der Waals surface area contributed by atoms with Crippen molar-refractivity contribution in [2.75, 3.05) is 0 Å². The van der Waals surface area contributed by atoms with E-state index in [0.717, 1.165) is 41.2 Å². The lowest BCUT2D eigenvalue weighted by atomic mass is 9.96. The molecule has 0 atom stereocenters. The third kappa shape index (κ3) is 4.09. The van der Waals surface area contributed by atoms with Crippen LogP contribution in [0, 0.1) is 12.7 Å². The predicted molar refractivity (Wildman–Crippen MR) is 116 cm³/mol. The van der Waals surface area contributed by atoms with Crippen LogP contribution in [0.15, 0.2) is 72.9 Å². The molecule has 0 saturated heterocycles. The maximum Gasteiger partial charge on any atom is 0.152 e. The number of hydrogen-bond acceptors (Lipinski definition) is 2. The van der Waals surface area contributed by atoms with E-state index in [1.807, 2.05) is 30.3 Å². The Bertz CT molecular complexity index is 1180. The van der Waals surface area contributed by atoms with Gasteiger partial charge in [-0.3, -0.25) is 9.78 Å². The van der Waals surface area contributed by atoms with Crippen LogP contribution in [0.4, 0.5) is 4.39 Å². The lowest BCUT2D eigenvalue weighted by Crippen LogP contribution is -1.95. The zero-order valence-electron chi connectivity index (χ0n) is 16.4. The number of aryl methyl sites for hydroxylation is 3. The molecule has 0 N–H and O–H groups in total. The van der Waals surface area contributed by atoms with Gasteiger partial charge in [0.25, 0.3) is 0 Å². The van der Waals surface area contributed by atoms with Gasteiger partial charge in [-0.05, 0) is 66.6 Å². The van der Waals surface area contributed by atoms with Crippen molar-refractivity contribution in [3.8, 4) is 11.1 Å². The van der Waals surface area contributed by atoms with E-state index in [2.05, 4.69) is 36.2 Å². The minimum atomic E-state index is -0.191. The van der Waals surface area contributed by atoms with Crippen LogP contribution in [0.25, 0.3) is 22.0 Å². The van der Waals surface area contributed by atoms with Crippen molar-refractivity contribution in [3.63, 3.8) is 0 Å². The molecule has 0 saturated carbocycles. The number of pyridine rings is 1. The molecule has 1 aromatic heterocycles. The summed E-state index contributed by atoms with van der Waals surface area (Å²) in [7, 11) is 0. The normalized spacial score (nSPS) is 11.0.